The van der Waals surface area contributed by atoms with E-state index in [0.29, 0.717) is 13.2 Å². The summed E-state index contributed by atoms with van der Waals surface area (Å²) in [6, 6.07) is 7.57. The van der Waals surface area contributed by atoms with Gasteiger partial charge in [0.2, 0.25) is 5.91 Å². The highest BCUT2D eigenvalue weighted by Crippen LogP contribution is 2.53. The van der Waals surface area contributed by atoms with E-state index in [2.05, 4.69) is 0 Å². The Labute approximate surface area is 152 Å². The van der Waals surface area contributed by atoms with Crippen molar-refractivity contribution >= 4 is 11.9 Å². The maximum atomic E-state index is 13.2. The Balaban J connectivity index is 1.60. The van der Waals surface area contributed by atoms with Crippen LogP contribution in [-0.2, 0) is 19.1 Å². The van der Waals surface area contributed by atoms with E-state index in [1.165, 1.54) is 0 Å². The minimum absolute atomic E-state index is 0.0433. The molecule has 1 spiro atoms. The normalized spacial score (nSPS) is 32.7. The molecule has 1 aromatic carbocycles. The number of rotatable bonds is 5. The Hall–Kier alpha value is -2.34. The summed E-state index contributed by atoms with van der Waals surface area (Å²) >= 11 is 0. The van der Waals surface area contributed by atoms with Crippen molar-refractivity contribution in [1.29, 1.82) is 0 Å². The summed E-state index contributed by atoms with van der Waals surface area (Å²) in [6.45, 7) is 4.51. The lowest BCUT2D eigenvalue weighted by Crippen LogP contribution is -2.40. The van der Waals surface area contributed by atoms with Crippen molar-refractivity contribution in [1.82, 2.24) is 4.90 Å². The Morgan fingerprint density at radius 1 is 1.38 bits per heavy atom. The van der Waals surface area contributed by atoms with Crippen LogP contribution in [0.1, 0.15) is 25.5 Å². The number of methoxy groups -OCH3 is 1. The Morgan fingerprint density at radius 2 is 2.12 bits per heavy atom. The molecule has 1 amide bonds. The van der Waals surface area contributed by atoms with Crippen molar-refractivity contribution in [2.45, 2.75) is 31.6 Å². The number of hydrogen-bond donors (Lipinski definition) is 0. The quantitative estimate of drug-likeness (QED) is 0.596. The summed E-state index contributed by atoms with van der Waals surface area (Å²) in [5.74, 6) is -0.673. The maximum Gasteiger partial charge on any atom is 0.312 e. The number of amides is 1. The average molecular weight is 357 g/mol. The van der Waals surface area contributed by atoms with Gasteiger partial charge in [-0.1, -0.05) is 24.3 Å². The molecule has 0 radical (unpaired) electrons. The van der Waals surface area contributed by atoms with E-state index in [-0.39, 0.29) is 24.0 Å². The Morgan fingerprint density at radius 3 is 2.77 bits per heavy atom. The van der Waals surface area contributed by atoms with Gasteiger partial charge in [-0.15, -0.1) is 0 Å². The molecule has 3 aliphatic heterocycles. The highest BCUT2D eigenvalue weighted by atomic mass is 16.6. The zero-order valence-corrected chi connectivity index (χ0v) is 15.2. The van der Waals surface area contributed by atoms with Gasteiger partial charge in [0.1, 0.15) is 17.3 Å². The molecule has 0 unspecified atom stereocenters. The summed E-state index contributed by atoms with van der Waals surface area (Å²) in [7, 11) is 1.62. The molecular formula is C20H23NO5. The van der Waals surface area contributed by atoms with E-state index in [0.717, 1.165) is 11.3 Å². The second-order valence-corrected chi connectivity index (χ2v) is 7.07. The largest absolute Gasteiger partial charge is 0.497 e. The number of fused-ring (bicyclic) bond motifs is 1. The average Bonchev–Trinajstić information content (AvgIpc) is 3.29. The first-order valence-electron chi connectivity index (χ1n) is 8.99. The van der Waals surface area contributed by atoms with Gasteiger partial charge in [0.15, 0.2) is 0 Å². The number of nitrogens with zero attached hydrogens (tertiary/aromatic N) is 1. The lowest BCUT2D eigenvalue weighted by molar-refractivity contribution is -0.153. The summed E-state index contributed by atoms with van der Waals surface area (Å²) < 4.78 is 16.5. The third-order valence-corrected chi connectivity index (χ3v) is 5.75. The third-order valence-electron chi connectivity index (χ3n) is 5.75. The predicted molar refractivity (Wildman–Crippen MR) is 93.5 cm³/mol. The fraction of sp³-hybridized carbons (Fsp3) is 0.500. The van der Waals surface area contributed by atoms with Gasteiger partial charge in [0.05, 0.1) is 38.3 Å². The number of ether oxygens (including phenoxy) is 3. The fourth-order valence-corrected chi connectivity index (χ4v) is 4.43. The highest BCUT2D eigenvalue weighted by molar-refractivity contribution is 5.91. The van der Waals surface area contributed by atoms with Gasteiger partial charge in [-0.25, -0.2) is 0 Å². The van der Waals surface area contributed by atoms with Crippen LogP contribution in [0.3, 0.4) is 0 Å². The zero-order chi connectivity index (χ0) is 18.5. The Bertz CT molecular complexity index is 758. The molecular weight excluding hydrogens is 334 g/mol. The predicted octanol–water partition coefficient (Wildman–Crippen LogP) is 2.10. The number of carbonyl (C=O) groups is 2. The smallest absolute Gasteiger partial charge is 0.312 e. The number of esters is 1. The van der Waals surface area contributed by atoms with E-state index in [1.807, 2.05) is 48.2 Å². The highest BCUT2D eigenvalue weighted by Gasteiger charge is 2.67. The van der Waals surface area contributed by atoms with E-state index in [4.69, 9.17) is 14.2 Å². The fourth-order valence-electron chi connectivity index (χ4n) is 4.43. The number of carbonyl (C=O) groups excluding carboxylic acids is 2. The van der Waals surface area contributed by atoms with Gasteiger partial charge in [-0.2, -0.15) is 0 Å². The monoisotopic (exact) mass is 357 g/mol. The number of hydrogen-bond acceptors (Lipinski definition) is 5. The molecule has 6 heteroatoms. The standard InChI is InChI=1S/C20H23NO5/c1-4-25-19(23)16-15-9-10-20(26-15)11-21(18(22)17(16)20)12(2)13-5-7-14(24-3)8-6-13/h5-10,12,15-17H,4,11H2,1-3H3/t12-,15-,16+,17-,20+/m0/s1. The Kier molecular flexibility index (Phi) is 4.03. The zero-order valence-electron chi connectivity index (χ0n) is 15.2. The van der Waals surface area contributed by atoms with Crippen LogP contribution in [-0.4, -0.2) is 48.7 Å². The minimum atomic E-state index is -0.708. The molecule has 0 N–H and O–H groups in total. The van der Waals surface area contributed by atoms with Crippen molar-refractivity contribution in [2.75, 3.05) is 20.3 Å². The van der Waals surface area contributed by atoms with Crippen LogP contribution in [0.2, 0.25) is 0 Å². The molecule has 0 aromatic heterocycles. The maximum absolute atomic E-state index is 13.2. The van der Waals surface area contributed by atoms with E-state index in [9.17, 15) is 9.59 Å². The van der Waals surface area contributed by atoms with Gasteiger partial charge in [-0.05, 0) is 31.5 Å². The molecule has 0 saturated carbocycles. The number of likely N-dealkylation sites (tertiary alicyclic amines) is 1. The summed E-state index contributed by atoms with van der Waals surface area (Å²) in [4.78, 5) is 27.4. The molecule has 3 aliphatic rings. The second-order valence-electron chi connectivity index (χ2n) is 7.07. The van der Waals surface area contributed by atoms with Crippen LogP contribution in [0.4, 0.5) is 0 Å². The first kappa shape index (κ1) is 17.1. The molecule has 2 fully saturated rings. The van der Waals surface area contributed by atoms with E-state index < -0.39 is 17.4 Å². The molecule has 3 heterocycles. The van der Waals surface area contributed by atoms with Crippen molar-refractivity contribution < 1.29 is 23.8 Å². The van der Waals surface area contributed by atoms with Gasteiger partial charge >= 0.3 is 5.97 Å². The molecule has 2 saturated heterocycles. The second kappa shape index (κ2) is 6.13. The van der Waals surface area contributed by atoms with Crippen molar-refractivity contribution in [3.8, 4) is 5.75 Å². The minimum Gasteiger partial charge on any atom is -0.497 e. The summed E-state index contributed by atoms with van der Waals surface area (Å²) in [6.07, 6.45) is 3.49. The summed E-state index contributed by atoms with van der Waals surface area (Å²) in [5, 5.41) is 0. The van der Waals surface area contributed by atoms with Gasteiger partial charge < -0.3 is 19.1 Å². The molecule has 0 aliphatic carbocycles. The first-order chi connectivity index (χ1) is 12.5. The van der Waals surface area contributed by atoms with Crippen LogP contribution >= 0.6 is 0 Å². The third kappa shape index (κ3) is 2.35. The van der Waals surface area contributed by atoms with Crippen LogP contribution in [0.15, 0.2) is 36.4 Å². The van der Waals surface area contributed by atoms with Crippen LogP contribution in [0, 0.1) is 11.8 Å². The van der Waals surface area contributed by atoms with Crippen molar-refractivity contribution in [2.24, 2.45) is 11.8 Å². The van der Waals surface area contributed by atoms with Crippen molar-refractivity contribution in [3.63, 3.8) is 0 Å². The lowest BCUT2D eigenvalue weighted by atomic mass is 9.77. The first-order valence-corrected chi connectivity index (χ1v) is 8.99. The molecule has 5 atom stereocenters. The summed E-state index contributed by atoms with van der Waals surface area (Å²) in [5.41, 5.74) is 0.307. The SMILES string of the molecule is CCOC(=O)[C@@H]1[C@@H]2C=C[C@]3(CN([C@@H](C)c4ccc(OC)cc4)C(=O)[C@H]13)O2. The van der Waals surface area contributed by atoms with Gasteiger partial charge in [0.25, 0.3) is 0 Å². The van der Waals surface area contributed by atoms with Crippen molar-refractivity contribution in [3.05, 3.63) is 42.0 Å². The topological polar surface area (TPSA) is 65.1 Å². The molecule has 1 aromatic rings. The lowest BCUT2D eigenvalue weighted by Gasteiger charge is -2.27. The van der Waals surface area contributed by atoms with Crippen LogP contribution in [0.25, 0.3) is 0 Å². The van der Waals surface area contributed by atoms with E-state index >= 15 is 0 Å². The van der Waals surface area contributed by atoms with Gasteiger partial charge in [0, 0.05) is 0 Å². The van der Waals surface area contributed by atoms with Crippen LogP contribution < -0.4 is 4.74 Å². The molecule has 138 valence electrons. The van der Waals surface area contributed by atoms with E-state index in [1.54, 1.807) is 14.0 Å². The van der Waals surface area contributed by atoms with Gasteiger partial charge in [-0.3, -0.25) is 9.59 Å². The number of benzene rings is 1. The molecule has 2 bridgehead atoms. The molecule has 6 nitrogen and oxygen atoms in total. The molecule has 4 rings (SSSR count). The van der Waals surface area contributed by atoms with Crippen LogP contribution in [0.5, 0.6) is 5.75 Å². The molecule has 26 heavy (non-hydrogen) atoms.